The van der Waals surface area contributed by atoms with Gasteiger partial charge in [-0.1, -0.05) is 29.8 Å². The average Bonchev–Trinajstić information content (AvgIpc) is 3.10. The van der Waals surface area contributed by atoms with Crippen LogP contribution in [0.15, 0.2) is 54.9 Å². The highest BCUT2D eigenvalue weighted by molar-refractivity contribution is 6.33. The third-order valence-corrected chi connectivity index (χ3v) is 6.77. The summed E-state index contributed by atoms with van der Waals surface area (Å²) in [5.74, 6) is 0.240. The van der Waals surface area contributed by atoms with E-state index in [0.717, 1.165) is 30.6 Å². The van der Waals surface area contributed by atoms with Crippen LogP contribution in [0.25, 0.3) is 10.8 Å². The van der Waals surface area contributed by atoms with Crippen molar-refractivity contribution in [3.8, 4) is 0 Å². The van der Waals surface area contributed by atoms with E-state index in [1.807, 2.05) is 41.6 Å². The van der Waals surface area contributed by atoms with Crippen molar-refractivity contribution in [1.82, 2.24) is 9.88 Å². The Bertz CT molecular complexity index is 1130. The van der Waals surface area contributed by atoms with E-state index >= 15 is 0 Å². The van der Waals surface area contributed by atoms with Crippen LogP contribution in [0.5, 0.6) is 0 Å². The number of fused-ring (bicyclic) bond motifs is 1. The average molecular weight is 466 g/mol. The highest BCUT2D eigenvalue weighted by atomic mass is 35.5. The van der Waals surface area contributed by atoms with Crippen LogP contribution in [-0.4, -0.2) is 68.4 Å². The normalized spacial score (nSPS) is 19.5. The lowest BCUT2D eigenvalue weighted by molar-refractivity contribution is 0.0737. The van der Waals surface area contributed by atoms with Gasteiger partial charge in [-0.15, -0.1) is 0 Å². The molecule has 5 rings (SSSR count). The molecular formula is C26H28ClN3O3. The zero-order valence-electron chi connectivity index (χ0n) is 18.6. The summed E-state index contributed by atoms with van der Waals surface area (Å²) in [4.78, 5) is 21.9. The summed E-state index contributed by atoms with van der Waals surface area (Å²) in [6, 6.07) is 13.9. The van der Waals surface area contributed by atoms with Gasteiger partial charge in [-0.05, 0) is 41.6 Å². The van der Waals surface area contributed by atoms with Gasteiger partial charge in [0.15, 0.2) is 0 Å². The summed E-state index contributed by atoms with van der Waals surface area (Å²) in [5.41, 5.74) is 2.80. The fourth-order valence-corrected chi connectivity index (χ4v) is 4.97. The van der Waals surface area contributed by atoms with Crippen LogP contribution in [0.3, 0.4) is 0 Å². The summed E-state index contributed by atoms with van der Waals surface area (Å²) in [5, 5.41) is 3.01. The molecule has 2 aromatic carbocycles. The quantitative estimate of drug-likeness (QED) is 0.581. The molecule has 1 aromatic heterocycles. The maximum atomic E-state index is 13.5. The van der Waals surface area contributed by atoms with E-state index < -0.39 is 0 Å². The third kappa shape index (κ3) is 4.98. The van der Waals surface area contributed by atoms with Gasteiger partial charge >= 0.3 is 0 Å². The first-order chi connectivity index (χ1) is 16.2. The van der Waals surface area contributed by atoms with Crippen molar-refractivity contribution in [3.05, 3.63) is 71.0 Å². The molecule has 6 nitrogen and oxygen atoms in total. The molecule has 0 radical (unpaired) electrons. The zero-order chi connectivity index (χ0) is 22.6. The fourth-order valence-electron chi connectivity index (χ4n) is 4.73. The number of hydrogen-bond acceptors (Lipinski definition) is 5. The van der Waals surface area contributed by atoms with E-state index in [0.29, 0.717) is 50.1 Å². The number of carbonyl (C=O) groups is 1. The van der Waals surface area contributed by atoms with Gasteiger partial charge in [-0.25, -0.2) is 0 Å². The Hall–Kier alpha value is -2.67. The van der Waals surface area contributed by atoms with Crippen molar-refractivity contribution >= 4 is 34.0 Å². The summed E-state index contributed by atoms with van der Waals surface area (Å²) in [6.07, 6.45) is 4.58. The Labute approximate surface area is 199 Å². The smallest absolute Gasteiger partial charge is 0.254 e. The van der Waals surface area contributed by atoms with Crippen molar-refractivity contribution < 1.29 is 14.3 Å². The molecule has 2 fully saturated rings. The van der Waals surface area contributed by atoms with E-state index in [9.17, 15) is 4.79 Å². The number of morpholine rings is 1. The Kier molecular flexibility index (Phi) is 6.76. The summed E-state index contributed by atoms with van der Waals surface area (Å²) in [7, 11) is 0. The third-order valence-electron chi connectivity index (χ3n) is 6.45. The minimum atomic E-state index is 0.0243. The molecule has 7 heteroatoms. The number of carbonyl (C=O) groups excluding carboxylic acids is 1. The number of aromatic nitrogens is 1. The SMILES string of the molecule is O=C(c1ccc(Cl)c(N2CCOCC2)c1)N1CCOC[C@@H](Cc2cccc3ccncc23)C1. The highest BCUT2D eigenvalue weighted by Crippen LogP contribution is 2.29. The number of anilines is 1. The van der Waals surface area contributed by atoms with Crippen LogP contribution in [0.1, 0.15) is 15.9 Å². The number of amides is 1. The molecule has 1 amide bonds. The second-order valence-corrected chi connectivity index (χ2v) is 9.08. The largest absolute Gasteiger partial charge is 0.379 e. The molecule has 0 unspecified atom stereocenters. The Morgan fingerprint density at radius 1 is 1.06 bits per heavy atom. The van der Waals surface area contributed by atoms with Gasteiger partial charge in [0.25, 0.3) is 5.91 Å². The number of benzene rings is 2. The van der Waals surface area contributed by atoms with E-state index in [1.54, 1.807) is 0 Å². The molecule has 172 valence electrons. The topological polar surface area (TPSA) is 54.9 Å². The lowest BCUT2D eigenvalue weighted by Gasteiger charge is -2.30. The zero-order valence-corrected chi connectivity index (χ0v) is 19.3. The van der Waals surface area contributed by atoms with Crippen molar-refractivity contribution in [2.45, 2.75) is 6.42 Å². The monoisotopic (exact) mass is 465 g/mol. The number of halogens is 1. The van der Waals surface area contributed by atoms with Crippen LogP contribution in [0, 0.1) is 5.92 Å². The molecule has 2 saturated heterocycles. The maximum Gasteiger partial charge on any atom is 0.254 e. The molecule has 0 spiro atoms. The second-order valence-electron chi connectivity index (χ2n) is 8.68. The van der Waals surface area contributed by atoms with Crippen LogP contribution >= 0.6 is 11.6 Å². The highest BCUT2D eigenvalue weighted by Gasteiger charge is 2.25. The number of nitrogens with zero attached hydrogens (tertiary/aromatic N) is 3. The molecule has 0 aliphatic carbocycles. The molecule has 1 atom stereocenters. The van der Waals surface area contributed by atoms with Crippen molar-refractivity contribution in [2.24, 2.45) is 5.92 Å². The summed E-state index contributed by atoms with van der Waals surface area (Å²) < 4.78 is 11.4. The molecular weight excluding hydrogens is 438 g/mol. The second kappa shape index (κ2) is 10.1. The molecule has 33 heavy (non-hydrogen) atoms. The van der Waals surface area contributed by atoms with Crippen molar-refractivity contribution in [3.63, 3.8) is 0 Å². The van der Waals surface area contributed by atoms with E-state index in [2.05, 4.69) is 28.1 Å². The van der Waals surface area contributed by atoms with Gasteiger partial charge in [-0.3, -0.25) is 9.78 Å². The number of pyridine rings is 1. The van der Waals surface area contributed by atoms with Crippen LogP contribution < -0.4 is 4.90 Å². The molecule has 0 bridgehead atoms. The van der Waals surface area contributed by atoms with Gasteiger partial charge < -0.3 is 19.3 Å². The first kappa shape index (κ1) is 22.1. The predicted molar refractivity (Wildman–Crippen MR) is 130 cm³/mol. The number of hydrogen-bond donors (Lipinski definition) is 0. The minimum Gasteiger partial charge on any atom is -0.379 e. The van der Waals surface area contributed by atoms with Crippen LogP contribution in [-0.2, 0) is 15.9 Å². The molecule has 2 aliphatic heterocycles. The molecule has 3 aromatic rings. The predicted octanol–water partition coefficient (Wildman–Crippen LogP) is 4.06. The van der Waals surface area contributed by atoms with E-state index in [4.69, 9.17) is 21.1 Å². The molecule has 3 heterocycles. The first-order valence-corrected chi connectivity index (χ1v) is 11.9. The van der Waals surface area contributed by atoms with Gasteiger partial charge in [0.2, 0.25) is 0 Å². The lowest BCUT2D eigenvalue weighted by atomic mass is 9.95. The first-order valence-electron chi connectivity index (χ1n) is 11.5. The van der Waals surface area contributed by atoms with Crippen molar-refractivity contribution in [2.75, 3.05) is 57.5 Å². The number of ether oxygens (including phenoxy) is 2. The Balaban J connectivity index is 1.34. The minimum absolute atomic E-state index is 0.0243. The van der Waals surface area contributed by atoms with Gasteiger partial charge in [-0.2, -0.15) is 0 Å². The maximum absolute atomic E-state index is 13.5. The van der Waals surface area contributed by atoms with Gasteiger partial charge in [0.05, 0.1) is 37.1 Å². The van der Waals surface area contributed by atoms with Gasteiger partial charge in [0, 0.05) is 55.4 Å². The molecule has 0 saturated carbocycles. The summed E-state index contributed by atoms with van der Waals surface area (Å²) >= 11 is 6.47. The Morgan fingerprint density at radius 3 is 2.79 bits per heavy atom. The van der Waals surface area contributed by atoms with Crippen molar-refractivity contribution in [1.29, 1.82) is 0 Å². The molecule has 0 N–H and O–H groups in total. The van der Waals surface area contributed by atoms with Crippen LogP contribution in [0.4, 0.5) is 5.69 Å². The van der Waals surface area contributed by atoms with Crippen LogP contribution in [0.2, 0.25) is 5.02 Å². The lowest BCUT2D eigenvalue weighted by Crippen LogP contribution is -2.38. The van der Waals surface area contributed by atoms with Gasteiger partial charge in [0.1, 0.15) is 0 Å². The van der Waals surface area contributed by atoms with E-state index in [1.165, 1.54) is 10.9 Å². The fraction of sp³-hybridized carbons (Fsp3) is 0.385. The standard InChI is InChI=1S/C26H28ClN3O3/c27-24-5-4-22(15-25(24)29-8-11-32-12-9-29)26(31)30-10-13-33-18-19(17-30)14-21-3-1-2-20-6-7-28-16-23(20)21/h1-7,15-16,19H,8-14,17-18H2/t19-/m0/s1. The number of rotatable bonds is 4. The molecule has 2 aliphatic rings. The Morgan fingerprint density at radius 2 is 1.91 bits per heavy atom. The van der Waals surface area contributed by atoms with E-state index in [-0.39, 0.29) is 11.8 Å². The summed E-state index contributed by atoms with van der Waals surface area (Å²) in [6.45, 7) is 5.32.